The van der Waals surface area contributed by atoms with Crippen LogP contribution in [0.2, 0.25) is 0 Å². The standard InChI is InChI=1S/C12H8BrN3S2/c13-7-1-3-8(4-2-7)18-11-9-5-6-17-10(9)15-12(14)16-11/h1-6H,(H2,14,15,16). The van der Waals surface area contributed by atoms with Crippen LogP contribution in [0.5, 0.6) is 0 Å². The second-order valence-electron chi connectivity index (χ2n) is 3.58. The molecule has 0 aliphatic heterocycles. The van der Waals surface area contributed by atoms with Gasteiger partial charge in [0.1, 0.15) is 9.86 Å². The van der Waals surface area contributed by atoms with Crippen LogP contribution in [0, 0.1) is 0 Å². The first-order chi connectivity index (χ1) is 8.72. The van der Waals surface area contributed by atoms with Gasteiger partial charge in [-0.3, -0.25) is 0 Å². The van der Waals surface area contributed by atoms with E-state index >= 15 is 0 Å². The minimum atomic E-state index is 0.324. The van der Waals surface area contributed by atoms with Crippen LogP contribution < -0.4 is 5.73 Å². The fourth-order valence-corrected chi connectivity index (χ4v) is 3.55. The SMILES string of the molecule is Nc1nc(Sc2ccc(Br)cc2)c2ccsc2n1. The molecule has 0 saturated carbocycles. The first-order valence-electron chi connectivity index (χ1n) is 5.16. The van der Waals surface area contributed by atoms with Crippen molar-refractivity contribution in [2.24, 2.45) is 0 Å². The fourth-order valence-electron chi connectivity index (χ4n) is 1.54. The maximum absolute atomic E-state index is 5.73. The van der Waals surface area contributed by atoms with Crippen molar-refractivity contribution in [3.63, 3.8) is 0 Å². The predicted octanol–water partition coefficient (Wildman–Crippen LogP) is 4.19. The first kappa shape index (κ1) is 12.0. The molecule has 0 aliphatic rings. The molecule has 0 atom stereocenters. The van der Waals surface area contributed by atoms with Gasteiger partial charge in [-0.05, 0) is 35.7 Å². The molecule has 1 aromatic carbocycles. The summed E-state index contributed by atoms with van der Waals surface area (Å²) in [5.41, 5.74) is 5.73. The highest BCUT2D eigenvalue weighted by Crippen LogP contribution is 2.34. The Bertz CT molecular complexity index is 694. The average Bonchev–Trinajstić information content (AvgIpc) is 2.80. The molecule has 3 nitrogen and oxygen atoms in total. The van der Waals surface area contributed by atoms with Crippen LogP contribution in [0.4, 0.5) is 5.95 Å². The van der Waals surface area contributed by atoms with E-state index in [1.807, 2.05) is 35.7 Å². The topological polar surface area (TPSA) is 51.8 Å². The van der Waals surface area contributed by atoms with Gasteiger partial charge in [-0.1, -0.05) is 27.7 Å². The number of thiophene rings is 1. The minimum absolute atomic E-state index is 0.324. The van der Waals surface area contributed by atoms with Gasteiger partial charge in [0.25, 0.3) is 0 Å². The van der Waals surface area contributed by atoms with E-state index < -0.39 is 0 Å². The molecule has 90 valence electrons. The molecule has 0 saturated heterocycles. The zero-order valence-corrected chi connectivity index (χ0v) is 12.3. The first-order valence-corrected chi connectivity index (χ1v) is 7.65. The smallest absolute Gasteiger partial charge is 0.222 e. The summed E-state index contributed by atoms with van der Waals surface area (Å²) in [4.78, 5) is 10.6. The van der Waals surface area contributed by atoms with E-state index in [0.717, 1.165) is 24.6 Å². The zero-order chi connectivity index (χ0) is 12.5. The number of fused-ring (bicyclic) bond motifs is 1. The number of benzene rings is 1. The maximum atomic E-state index is 5.73. The Morgan fingerprint density at radius 2 is 1.89 bits per heavy atom. The van der Waals surface area contributed by atoms with E-state index in [4.69, 9.17) is 5.73 Å². The second-order valence-corrected chi connectivity index (χ2v) is 6.45. The Morgan fingerprint density at radius 3 is 2.67 bits per heavy atom. The van der Waals surface area contributed by atoms with Crippen LogP contribution in [-0.4, -0.2) is 9.97 Å². The van der Waals surface area contributed by atoms with Crippen LogP contribution in [0.25, 0.3) is 10.2 Å². The van der Waals surface area contributed by atoms with Crippen molar-refractivity contribution in [1.29, 1.82) is 0 Å². The number of hydrogen-bond acceptors (Lipinski definition) is 5. The number of rotatable bonds is 2. The second kappa shape index (κ2) is 4.87. The van der Waals surface area contributed by atoms with Crippen LogP contribution in [-0.2, 0) is 0 Å². The Morgan fingerprint density at radius 1 is 1.11 bits per heavy atom. The van der Waals surface area contributed by atoms with E-state index in [9.17, 15) is 0 Å². The Kier molecular flexibility index (Phi) is 3.23. The van der Waals surface area contributed by atoms with Gasteiger partial charge < -0.3 is 5.73 Å². The van der Waals surface area contributed by atoms with E-state index in [2.05, 4.69) is 25.9 Å². The molecule has 0 aliphatic carbocycles. The summed E-state index contributed by atoms with van der Waals surface area (Å²) in [5.74, 6) is 0.324. The maximum Gasteiger partial charge on any atom is 0.222 e. The molecule has 0 radical (unpaired) electrons. The van der Waals surface area contributed by atoms with Crippen molar-refractivity contribution >= 4 is 55.2 Å². The third-order valence-electron chi connectivity index (χ3n) is 2.34. The summed E-state index contributed by atoms with van der Waals surface area (Å²) in [6.07, 6.45) is 0. The number of anilines is 1. The summed E-state index contributed by atoms with van der Waals surface area (Å²) in [5, 5.41) is 3.97. The molecule has 2 N–H and O–H groups in total. The monoisotopic (exact) mass is 337 g/mol. The van der Waals surface area contributed by atoms with Gasteiger partial charge in [0.2, 0.25) is 5.95 Å². The minimum Gasteiger partial charge on any atom is -0.368 e. The summed E-state index contributed by atoms with van der Waals surface area (Å²) < 4.78 is 1.06. The van der Waals surface area contributed by atoms with Crippen molar-refractivity contribution in [2.45, 2.75) is 9.92 Å². The lowest BCUT2D eigenvalue weighted by Gasteiger charge is -2.03. The van der Waals surface area contributed by atoms with E-state index in [1.165, 1.54) is 0 Å². The lowest BCUT2D eigenvalue weighted by atomic mass is 10.4. The van der Waals surface area contributed by atoms with Crippen molar-refractivity contribution in [2.75, 3.05) is 5.73 Å². The molecule has 0 spiro atoms. The van der Waals surface area contributed by atoms with Gasteiger partial charge in [0, 0.05) is 14.8 Å². The van der Waals surface area contributed by atoms with Crippen LogP contribution in [0.15, 0.2) is 50.1 Å². The predicted molar refractivity (Wildman–Crippen MR) is 80.1 cm³/mol. The van der Waals surface area contributed by atoms with Gasteiger partial charge in [-0.2, -0.15) is 0 Å². The third-order valence-corrected chi connectivity index (χ3v) is 4.68. The molecule has 6 heteroatoms. The number of nitrogen functional groups attached to an aromatic ring is 1. The van der Waals surface area contributed by atoms with E-state index in [1.54, 1.807) is 23.1 Å². The largest absolute Gasteiger partial charge is 0.368 e. The van der Waals surface area contributed by atoms with E-state index in [0.29, 0.717) is 5.95 Å². The molecule has 18 heavy (non-hydrogen) atoms. The Labute approximate surface area is 121 Å². The van der Waals surface area contributed by atoms with Gasteiger partial charge in [-0.25, -0.2) is 9.97 Å². The molecule has 2 heterocycles. The molecular weight excluding hydrogens is 330 g/mol. The highest BCUT2D eigenvalue weighted by atomic mass is 79.9. The van der Waals surface area contributed by atoms with Crippen LogP contribution >= 0.6 is 39.0 Å². The fraction of sp³-hybridized carbons (Fsp3) is 0. The molecule has 0 bridgehead atoms. The van der Waals surface area contributed by atoms with Crippen LogP contribution in [0.3, 0.4) is 0 Å². The zero-order valence-electron chi connectivity index (χ0n) is 9.13. The highest BCUT2D eigenvalue weighted by Gasteiger charge is 2.08. The van der Waals surface area contributed by atoms with Crippen molar-refractivity contribution in [3.8, 4) is 0 Å². The van der Waals surface area contributed by atoms with Gasteiger partial charge in [0.15, 0.2) is 0 Å². The van der Waals surface area contributed by atoms with Gasteiger partial charge >= 0.3 is 0 Å². The molecule has 0 unspecified atom stereocenters. The quantitative estimate of drug-likeness (QED) is 0.712. The summed E-state index contributed by atoms with van der Waals surface area (Å²) in [6.45, 7) is 0. The lowest BCUT2D eigenvalue weighted by Crippen LogP contribution is -1.95. The molecule has 0 fully saturated rings. The summed E-state index contributed by atoms with van der Waals surface area (Å²) >= 11 is 6.60. The number of nitrogens with zero attached hydrogens (tertiary/aromatic N) is 2. The third kappa shape index (κ3) is 2.36. The summed E-state index contributed by atoms with van der Waals surface area (Å²) in [6, 6.07) is 10.1. The lowest BCUT2D eigenvalue weighted by molar-refractivity contribution is 1.12. The van der Waals surface area contributed by atoms with E-state index in [-0.39, 0.29) is 0 Å². The number of nitrogens with two attached hydrogens (primary N) is 1. The van der Waals surface area contributed by atoms with Crippen molar-refractivity contribution < 1.29 is 0 Å². The van der Waals surface area contributed by atoms with Gasteiger partial charge in [-0.15, -0.1) is 11.3 Å². The van der Waals surface area contributed by atoms with Crippen molar-refractivity contribution in [1.82, 2.24) is 9.97 Å². The van der Waals surface area contributed by atoms with Gasteiger partial charge in [0.05, 0.1) is 0 Å². The molecule has 3 rings (SSSR count). The number of aromatic nitrogens is 2. The molecule has 0 amide bonds. The molecule has 3 aromatic rings. The normalized spacial score (nSPS) is 10.9. The Balaban J connectivity index is 2.03. The number of halogens is 1. The number of hydrogen-bond donors (Lipinski definition) is 1. The molecular formula is C12H8BrN3S2. The Hall–Kier alpha value is -1.11. The highest BCUT2D eigenvalue weighted by molar-refractivity contribution is 9.10. The van der Waals surface area contributed by atoms with Crippen LogP contribution in [0.1, 0.15) is 0 Å². The van der Waals surface area contributed by atoms with Crippen molar-refractivity contribution in [3.05, 3.63) is 40.2 Å². The average molecular weight is 338 g/mol. The molecule has 2 aromatic heterocycles. The summed E-state index contributed by atoms with van der Waals surface area (Å²) in [7, 11) is 0.